The van der Waals surface area contributed by atoms with Crippen LogP contribution in [0.15, 0.2) is 41.3 Å². The van der Waals surface area contributed by atoms with Crippen molar-refractivity contribution in [2.24, 2.45) is 0 Å². The minimum absolute atomic E-state index is 0.157. The lowest BCUT2D eigenvalue weighted by atomic mass is 10.2. The van der Waals surface area contributed by atoms with Crippen molar-refractivity contribution in [2.45, 2.75) is 11.8 Å². The summed E-state index contributed by atoms with van der Waals surface area (Å²) in [7, 11) is -0.735. The molecule has 1 N–H and O–H groups in total. The zero-order valence-electron chi connectivity index (χ0n) is 12.4. The topological polar surface area (TPSA) is 64.6 Å². The molecule has 0 aliphatic heterocycles. The largest absolute Gasteiger partial charge is 0.493 e. The van der Waals surface area contributed by atoms with Gasteiger partial charge in [-0.3, -0.25) is 4.72 Å². The number of nitrogens with one attached hydrogen (secondary N) is 1. The molecule has 7 heteroatoms. The predicted molar refractivity (Wildman–Crippen MR) is 94.3 cm³/mol. The molecule has 5 nitrogen and oxygen atoms in total. The van der Waals surface area contributed by atoms with Gasteiger partial charge in [-0.2, -0.15) is 0 Å². The molecule has 0 saturated carbocycles. The van der Waals surface area contributed by atoms with Crippen LogP contribution in [0.1, 0.15) is 5.56 Å². The van der Waals surface area contributed by atoms with Gasteiger partial charge in [0.15, 0.2) is 11.5 Å². The van der Waals surface area contributed by atoms with E-state index >= 15 is 0 Å². The Morgan fingerprint density at radius 3 is 2.23 bits per heavy atom. The van der Waals surface area contributed by atoms with E-state index in [1.54, 1.807) is 25.1 Å². The molecule has 0 fully saturated rings. The maximum Gasteiger partial charge on any atom is 0.262 e. The average Bonchev–Trinajstić information content (AvgIpc) is 2.48. The standard InChI is InChI=1S/C15H16INO4S/c1-10-8-13(20-2)14(21-3)9-15(10)22(18,19)17-12-7-5-4-6-11(12)16/h4-9,17H,1-3H3. The maximum absolute atomic E-state index is 12.6. The van der Waals surface area contributed by atoms with Crippen LogP contribution in [0.25, 0.3) is 0 Å². The Kier molecular flexibility index (Phi) is 5.17. The van der Waals surface area contributed by atoms with Gasteiger partial charge < -0.3 is 9.47 Å². The van der Waals surface area contributed by atoms with E-state index in [1.165, 1.54) is 20.3 Å². The van der Waals surface area contributed by atoms with Crippen LogP contribution in [0.5, 0.6) is 11.5 Å². The molecule has 0 aliphatic rings. The van der Waals surface area contributed by atoms with E-state index in [-0.39, 0.29) is 4.90 Å². The van der Waals surface area contributed by atoms with Crippen molar-refractivity contribution in [3.05, 3.63) is 45.5 Å². The fourth-order valence-electron chi connectivity index (χ4n) is 2.00. The molecule has 0 spiro atoms. The van der Waals surface area contributed by atoms with E-state index in [2.05, 4.69) is 27.3 Å². The number of sulfonamides is 1. The third kappa shape index (κ3) is 3.46. The van der Waals surface area contributed by atoms with E-state index in [9.17, 15) is 8.42 Å². The molecule has 0 saturated heterocycles. The van der Waals surface area contributed by atoms with Crippen molar-refractivity contribution in [3.8, 4) is 11.5 Å². The van der Waals surface area contributed by atoms with Gasteiger partial charge in [-0.15, -0.1) is 0 Å². The second-order valence-electron chi connectivity index (χ2n) is 4.56. The monoisotopic (exact) mass is 433 g/mol. The van der Waals surface area contributed by atoms with E-state index < -0.39 is 10.0 Å². The van der Waals surface area contributed by atoms with Crippen LogP contribution in [-0.2, 0) is 10.0 Å². The first kappa shape index (κ1) is 16.9. The summed E-state index contributed by atoms with van der Waals surface area (Å²) in [6.45, 7) is 1.71. The quantitative estimate of drug-likeness (QED) is 0.735. The molecule has 22 heavy (non-hydrogen) atoms. The van der Waals surface area contributed by atoms with Gasteiger partial charge in [-0.05, 0) is 53.3 Å². The first-order chi connectivity index (χ1) is 10.4. The number of aryl methyl sites for hydroxylation is 1. The molecule has 0 amide bonds. The number of ether oxygens (including phenoxy) is 2. The number of para-hydroxylation sites is 1. The molecule has 0 atom stereocenters. The van der Waals surface area contributed by atoms with Crippen molar-refractivity contribution < 1.29 is 17.9 Å². The number of anilines is 1. The molecule has 0 aliphatic carbocycles. The van der Waals surface area contributed by atoms with Crippen LogP contribution in [0.2, 0.25) is 0 Å². The first-order valence-corrected chi connectivity index (χ1v) is 8.95. The first-order valence-electron chi connectivity index (χ1n) is 6.39. The van der Waals surface area contributed by atoms with Crippen molar-refractivity contribution >= 4 is 38.3 Å². The van der Waals surface area contributed by atoms with Crippen molar-refractivity contribution in [3.63, 3.8) is 0 Å². The Bertz CT molecular complexity index is 790. The summed E-state index contributed by atoms with van der Waals surface area (Å²) < 4.78 is 39.0. The fourth-order valence-corrected chi connectivity index (χ4v) is 4.02. The van der Waals surface area contributed by atoms with E-state index in [4.69, 9.17) is 9.47 Å². The van der Waals surface area contributed by atoms with E-state index in [1.807, 2.05) is 12.1 Å². The lowest BCUT2D eigenvalue weighted by molar-refractivity contribution is 0.353. The fraction of sp³-hybridized carbons (Fsp3) is 0.200. The summed E-state index contributed by atoms with van der Waals surface area (Å²) in [5.41, 5.74) is 1.12. The van der Waals surface area contributed by atoms with Gasteiger partial charge >= 0.3 is 0 Å². The number of hydrogen-bond donors (Lipinski definition) is 1. The molecule has 2 aromatic carbocycles. The lowest BCUT2D eigenvalue weighted by Gasteiger charge is -2.15. The predicted octanol–water partition coefficient (Wildman–Crippen LogP) is 3.42. The Hall–Kier alpha value is -1.48. The van der Waals surface area contributed by atoms with Crippen LogP contribution in [0, 0.1) is 10.5 Å². The highest BCUT2D eigenvalue weighted by Gasteiger charge is 2.21. The number of hydrogen-bond acceptors (Lipinski definition) is 4. The van der Waals surface area contributed by atoms with Crippen molar-refractivity contribution in [1.82, 2.24) is 0 Å². The second kappa shape index (κ2) is 6.74. The summed E-state index contributed by atoms with van der Waals surface area (Å²) in [6, 6.07) is 10.3. The van der Waals surface area contributed by atoms with E-state index in [0.29, 0.717) is 22.7 Å². The number of halogens is 1. The third-order valence-electron chi connectivity index (χ3n) is 3.09. The van der Waals surface area contributed by atoms with Gasteiger partial charge in [0.25, 0.3) is 10.0 Å². The van der Waals surface area contributed by atoms with Crippen molar-refractivity contribution in [2.75, 3.05) is 18.9 Å². The van der Waals surface area contributed by atoms with Crippen LogP contribution in [0.3, 0.4) is 0 Å². The molecule has 2 rings (SSSR count). The zero-order chi connectivity index (χ0) is 16.3. The molecule has 2 aromatic rings. The molecule has 118 valence electrons. The summed E-state index contributed by atoms with van der Waals surface area (Å²) >= 11 is 2.08. The summed E-state index contributed by atoms with van der Waals surface area (Å²) in [6.07, 6.45) is 0. The van der Waals surface area contributed by atoms with Gasteiger partial charge in [0, 0.05) is 9.64 Å². The Balaban J connectivity index is 2.48. The Labute approximate surface area is 143 Å². The molecule has 0 bridgehead atoms. The Morgan fingerprint density at radius 2 is 1.64 bits per heavy atom. The lowest BCUT2D eigenvalue weighted by Crippen LogP contribution is -2.15. The molecular formula is C15H16INO4S. The molecule has 0 heterocycles. The normalized spacial score (nSPS) is 11.1. The van der Waals surface area contributed by atoms with Crippen molar-refractivity contribution in [1.29, 1.82) is 0 Å². The highest BCUT2D eigenvalue weighted by molar-refractivity contribution is 14.1. The maximum atomic E-state index is 12.6. The highest BCUT2D eigenvalue weighted by atomic mass is 127. The van der Waals surface area contributed by atoms with Gasteiger partial charge in [-0.1, -0.05) is 12.1 Å². The number of rotatable bonds is 5. The SMILES string of the molecule is COc1cc(C)c(S(=O)(=O)Nc2ccccc2I)cc1OC. The van der Waals surface area contributed by atoms with Gasteiger partial charge in [-0.25, -0.2) is 8.42 Å². The molecular weight excluding hydrogens is 417 g/mol. The van der Waals surface area contributed by atoms with Crippen LogP contribution in [0.4, 0.5) is 5.69 Å². The van der Waals surface area contributed by atoms with Crippen LogP contribution >= 0.6 is 22.6 Å². The van der Waals surface area contributed by atoms with E-state index in [0.717, 1.165) is 3.57 Å². The molecule has 0 aromatic heterocycles. The van der Waals surface area contributed by atoms with Crippen LogP contribution < -0.4 is 14.2 Å². The minimum Gasteiger partial charge on any atom is -0.493 e. The highest BCUT2D eigenvalue weighted by Crippen LogP contribution is 2.33. The average molecular weight is 433 g/mol. The second-order valence-corrected chi connectivity index (χ2v) is 7.37. The van der Waals surface area contributed by atoms with Crippen LogP contribution in [-0.4, -0.2) is 22.6 Å². The molecule has 0 radical (unpaired) electrons. The zero-order valence-corrected chi connectivity index (χ0v) is 15.4. The number of methoxy groups -OCH3 is 2. The van der Waals surface area contributed by atoms with Gasteiger partial charge in [0.05, 0.1) is 24.8 Å². The Morgan fingerprint density at radius 1 is 1.05 bits per heavy atom. The smallest absolute Gasteiger partial charge is 0.262 e. The van der Waals surface area contributed by atoms with Gasteiger partial charge in [0.1, 0.15) is 0 Å². The summed E-state index contributed by atoms with van der Waals surface area (Å²) in [5, 5.41) is 0. The molecule has 0 unspecified atom stereocenters. The van der Waals surface area contributed by atoms with Gasteiger partial charge in [0.2, 0.25) is 0 Å². The summed E-state index contributed by atoms with van der Waals surface area (Å²) in [5.74, 6) is 0.865. The third-order valence-corrected chi connectivity index (χ3v) is 5.54. The summed E-state index contributed by atoms with van der Waals surface area (Å²) in [4.78, 5) is 0.157. The minimum atomic E-state index is -3.71. The number of benzene rings is 2.